The maximum Gasteiger partial charge on any atom is 0.339 e. The van der Waals surface area contributed by atoms with Crippen molar-refractivity contribution in [3.8, 4) is 0 Å². The first-order chi connectivity index (χ1) is 7.59. The summed E-state index contributed by atoms with van der Waals surface area (Å²) in [5.74, 6) is -0.539. The van der Waals surface area contributed by atoms with Crippen LogP contribution in [-0.2, 0) is 0 Å². The quantitative estimate of drug-likeness (QED) is 0.823. The number of anilines is 1. The molecule has 0 bridgehead atoms. The molecule has 0 fully saturated rings. The largest absolute Gasteiger partial charge is 0.478 e. The molecule has 0 aliphatic rings. The second-order valence-corrected chi connectivity index (χ2v) is 3.63. The standard InChI is InChI=1S/C11H11N3O2/c1-14(2)10-8(11(15)16)5-7-3-4-12-6-9(7)13-10/h3-6H,1-2H3,(H,15,16). The van der Waals surface area contributed by atoms with Gasteiger partial charge in [-0.2, -0.15) is 0 Å². The summed E-state index contributed by atoms with van der Waals surface area (Å²) in [5, 5.41) is 9.87. The molecular weight excluding hydrogens is 206 g/mol. The van der Waals surface area contributed by atoms with Gasteiger partial charge in [0.1, 0.15) is 11.4 Å². The Hall–Kier alpha value is -2.17. The van der Waals surface area contributed by atoms with E-state index in [0.29, 0.717) is 11.3 Å². The molecule has 0 unspecified atom stereocenters. The van der Waals surface area contributed by atoms with Crippen molar-refractivity contribution in [2.75, 3.05) is 19.0 Å². The Bertz CT molecular complexity index is 552. The smallest absolute Gasteiger partial charge is 0.339 e. The first-order valence-electron chi connectivity index (χ1n) is 4.75. The molecule has 0 spiro atoms. The third-order valence-corrected chi connectivity index (χ3v) is 2.25. The molecule has 0 amide bonds. The van der Waals surface area contributed by atoms with Crippen LogP contribution < -0.4 is 4.90 Å². The fourth-order valence-electron chi connectivity index (χ4n) is 1.51. The summed E-state index contributed by atoms with van der Waals surface area (Å²) >= 11 is 0. The molecule has 2 heterocycles. The summed E-state index contributed by atoms with van der Waals surface area (Å²) in [6.07, 6.45) is 3.24. The van der Waals surface area contributed by atoms with E-state index in [4.69, 9.17) is 5.11 Å². The summed E-state index contributed by atoms with van der Waals surface area (Å²) in [6.45, 7) is 0. The van der Waals surface area contributed by atoms with Crippen LogP contribution >= 0.6 is 0 Å². The van der Waals surface area contributed by atoms with E-state index in [2.05, 4.69) is 9.97 Å². The Morgan fingerprint density at radius 3 is 2.81 bits per heavy atom. The number of fused-ring (bicyclic) bond motifs is 1. The molecule has 0 radical (unpaired) electrons. The lowest BCUT2D eigenvalue weighted by Gasteiger charge is -2.14. The van der Waals surface area contributed by atoms with Gasteiger partial charge in [-0.25, -0.2) is 9.78 Å². The SMILES string of the molecule is CN(C)c1nc2cnccc2cc1C(=O)O. The van der Waals surface area contributed by atoms with E-state index in [1.165, 1.54) is 0 Å². The zero-order valence-corrected chi connectivity index (χ0v) is 9.01. The minimum Gasteiger partial charge on any atom is -0.478 e. The van der Waals surface area contributed by atoms with Gasteiger partial charge in [-0.15, -0.1) is 0 Å². The van der Waals surface area contributed by atoms with Gasteiger partial charge in [0.15, 0.2) is 0 Å². The third kappa shape index (κ3) is 1.67. The maximum atomic E-state index is 11.1. The predicted octanol–water partition coefficient (Wildman–Crippen LogP) is 1.39. The second-order valence-electron chi connectivity index (χ2n) is 3.63. The Morgan fingerprint density at radius 1 is 1.44 bits per heavy atom. The van der Waals surface area contributed by atoms with Crippen LogP contribution in [0.2, 0.25) is 0 Å². The minimum atomic E-state index is -0.977. The van der Waals surface area contributed by atoms with E-state index in [1.807, 2.05) is 0 Å². The highest BCUT2D eigenvalue weighted by Crippen LogP contribution is 2.21. The van der Waals surface area contributed by atoms with Crippen LogP contribution in [0.25, 0.3) is 10.9 Å². The fraction of sp³-hybridized carbons (Fsp3) is 0.182. The van der Waals surface area contributed by atoms with Crippen molar-refractivity contribution in [2.45, 2.75) is 0 Å². The first-order valence-corrected chi connectivity index (χ1v) is 4.75. The maximum absolute atomic E-state index is 11.1. The van der Waals surface area contributed by atoms with Gasteiger partial charge in [-0.3, -0.25) is 4.98 Å². The van der Waals surface area contributed by atoms with E-state index in [1.54, 1.807) is 43.5 Å². The molecule has 0 aromatic carbocycles. The number of rotatable bonds is 2. The van der Waals surface area contributed by atoms with Crippen LogP contribution in [0, 0.1) is 0 Å². The molecule has 2 rings (SSSR count). The molecule has 82 valence electrons. The molecule has 0 aliphatic carbocycles. The van der Waals surface area contributed by atoms with E-state index in [0.717, 1.165) is 5.39 Å². The number of aromatic nitrogens is 2. The summed E-state index contributed by atoms with van der Waals surface area (Å²) < 4.78 is 0. The molecule has 1 N–H and O–H groups in total. The van der Waals surface area contributed by atoms with Gasteiger partial charge < -0.3 is 10.0 Å². The summed E-state index contributed by atoms with van der Waals surface area (Å²) in [4.78, 5) is 21.0. The highest BCUT2D eigenvalue weighted by Gasteiger charge is 2.14. The number of hydrogen-bond donors (Lipinski definition) is 1. The van der Waals surface area contributed by atoms with Crippen LogP contribution in [0.1, 0.15) is 10.4 Å². The van der Waals surface area contributed by atoms with Crippen molar-refractivity contribution in [3.63, 3.8) is 0 Å². The van der Waals surface area contributed by atoms with Crippen molar-refractivity contribution in [3.05, 3.63) is 30.1 Å². The van der Waals surface area contributed by atoms with E-state index >= 15 is 0 Å². The second kappa shape index (κ2) is 3.77. The van der Waals surface area contributed by atoms with Crippen LogP contribution in [-0.4, -0.2) is 35.1 Å². The fourth-order valence-corrected chi connectivity index (χ4v) is 1.51. The van der Waals surface area contributed by atoms with Gasteiger partial charge in [0.2, 0.25) is 0 Å². The highest BCUT2D eigenvalue weighted by molar-refractivity contribution is 5.97. The normalized spacial score (nSPS) is 10.4. The number of hydrogen-bond acceptors (Lipinski definition) is 4. The van der Waals surface area contributed by atoms with Gasteiger partial charge in [-0.05, 0) is 12.1 Å². The minimum absolute atomic E-state index is 0.198. The van der Waals surface area contributed by atoms with Crippen LogP contribution in [0.3, 0.4) is 0 Å². The molecule has 2 aromatic heterocycles. The number of carboxylic acid groups (broad SMARTS) is 1. The first kappa shape index (κ1) is 10.4. The molecule has 0 atom stereocenters. The zero-order valence-electron chi connectivity index (χ0n) is 9.01. The average molecular weight is 217 g/mol. The Labute approximate surface area is 92.4 Å². The number of carboxylic acids is 1. The van der Waals surface area contributed by atoms with E-state index in [9.17, 15) is 4.79 Å². The van der Waals surface area contributed by atoms with Gasteiger partial charge in [0, 0.05) is 25.7 Å². The summed E-state index contributed by atoms with van der Waals surface area (Å²) in [7, 11) is 3.52. The third-order valence-electron chi connectivity index (χ3n) is 2.25. The van der Waals surface area contributed by atoms with Gasteiger partial charge >= 0.3 is 5.97 Å². The topological polar surface area (TPSA) is 66.3 Å². The molecule has 2 aromatic rings. The lowest BCUT2D eigenvalue weighted by atomic mass is 10.1. The molecule has 16 heavy (non-hydrogen) atoms. The van der Waals surface area contributed by atoms with Crippen molar-refractivity contribution in [1.82, 2.24) is 9.97 Å². The molecular formula is C11H11N3O2. The number of carbonyl (C=O) groups is 1. The summed E-state index contributed by atoms with van der Waals surface area (Å²) in [5.41, 5.74) is 0.889. The monoisotopic (exact) mass is 217 g/mol. The van der Waals surface area contributed by atoms with Crippen LogP contribution in [0.5, 0.6) is 0 Å². The lowest BCUT2D eigenvalue weighted by molar-refractivity contribution is 0.0697. The van der Waals surface area contributed by atoms with Gasteiger partial charge in [-0.1, -0.05) is 0 Å². The Balaban J connectivity index is 2.76. The highest BCUT2D eigenvalue weighted by atomic mass is 16.4. The van der Waals surface area contributed by atoms with Crippen molar-refractivity contribution < 1.29 is 9.90 Å². The summed E-state index contributed by atoms with van der Waals surface area (Å²) in [6, 6.07) is 3.36. The number of pyridine rings is 2. The van der Waals surface area contributed by atoms with E-state index in [-0.39, 0.29) is 5.56 Å². The molecule has 5 nitrogen and oxygen atoms in total. The molecule has 5 heteroatoms. The van der Waals surface area contributed by atoms with Gasteiger partial charge in [0.25, 0.3) is 0 Å². The Morgan fingerprint density at radius 2 is 2.19 bits per heavy atom. The van der Waals surface area contributed by atoms with Crippen molar-refractivity contribution >= 4 is 22.7 Å². The average Bonchev–Trinajstić information content (AvgIpc) is 2.27. The van der Waals surface area contributed by atoms with Crippen molar-refractivity contribution in [1.29, 1.82) is 0 Å². The molecule has 0 saturated heterocycles. The Kier molecular flexibility index (Phi) is 2.44. The predicted molar refractivity (Wildman–Crippen MR) is 60.8 cm³/mol. The van der Waals surface area contributed by atoms with Crippen LogP contribution in [0.4, 0.5) is 5.82 Å². The number of aromatic carboxylic acids is 1. The van der Waals surface area contributed by atoms with Gasteiger partial charge in [0.05, 0.1) is 11.7 Å². The van der Waals surface area contributed by atoms with E-state index < -0.39 is 5.97 Å². The van der Waals surface area contributed by atoms with Crippen LogP contribution in [0.15, 0.2) is 24.5 Å². The zero-order chi connectivity index (χ0) is 11.7. The lowest BCUT2D eigenvalue weighted by Crippen LogP contribution is -2.15. The molecule has 0 saturated carbocycles. The van der Waals surface area contributed by atoms with Crippen molar-refractivity contribution in [2.24, 2.45) is 0 Å². The number of nitrogens with zero attached hydrogens (tertiary/aromatic N) is 3. The molecule has 0 aliphatic heterocycles.